The number of carbonyl (C=O) groups excluding carboxylic acids is 1. The van der Waals surface area contributed by atoms with E-state index in [-0.39, 0.29) is 5.97 Å². The van der Waals surface area contributed by atoms with Gasteiger partial charge in [0.2, 0.25) is 0 Å². The second-order valence-corrected chi connectivity index (χ2v) is 4.93. The predicted octanol–water partition coefficient (Wildman–Crippen LogP) is 5.71. The Bertz CT molecular complexity index is 301. The molecular weight excluding hydrogens is 248 g/mol. The molecule has 0 aliphatic rings. The lowest BCUT2D eigenvalue weighted by molar-refractivity contribution is -0.135. The Morgan fingerprint density at radius 3 is 1.85 bits per heavy atom. The van der Waals surface area contributed by atoms with Gasteiger partial charge in [0.1, 0.15) is 0 Å². The van der Waals surface area contributed by atoms with Gasteiger partial charge in [-0.3, -0.25) is 4.79 Å². The van der Waals surface area contributed by atoms with Crippen molar-refractivity contribution in [2.24, 2.45) is 0 Å². The average molecular weight is 278 g/mol. The standard InChI is InChI=1S/C18H30O2/c1-3-4-5-6-7-8-9-10-11-12-13-14-15-16-17-20-18(2)19/h6-7,10-11,16-17H,3-5,8-9,12-15H2,1-2H3/b7-6?,11-10?,17-16+. The van der Waals surface area contributed by atoms with E-state index in [1.807, 2.05) is 6.08 Å². The van der Waals surface area contributed by atoms with Gasteiger partial charge in [-0.1, -0.05) is 44.1 Å². The first-order valence-corrected chi connectivity index (χ1v) is 7.89. The van der Waals surface area contributed by atoms with E-state index < -0.39 is 0 Å². The average Bonchev–Trinajstić information content (AvgIpc) is 2.43. The van der Waals surface area contributed by atoms with Gasteiger partial charge in [-0.05, 0) is 51.0 Å². The first-order valence-electron chi connectivity index (χ1n) is 7.89. The molecule has 0 aliphatic carbocycles. The van der Waals surface area contributed by atoms with Crippen LogP contribution in [0.3, 0.4) is 0 Å². The summed E-state index contributed by atoms with van der Waals surface area (Å²) >= 11 is 0. The minimum atomic E-state index is -0.257. The van der Waals surface area contributed by atoms with Crippen molar-refractivity contribution in [3.63, 3.8) is 0 Å². The topological polar surface area (TPSA) is 26.3 Å². The van der Waals surface area contributed by atoms with Crippen molar-refractivity contribution in [3.8, 4) is 0 Å². The zero-order valence-corrected chi connectivity index (χ0v) is 13.1. The molecule has 0 atom stereocenters. The summed E-state index contributed by atoms with van der Waals surface area (Å²) in [5, 5.41) is 0. The molecule has 2 heteroatoms. The van der Waals surface area contributed by atoms with Gasteiger partial charge in [-0.15, -0.1) is 0 Å². The van der Waals surface area contributed by atoms with Crippen molar-refractivity contribution in [2.45, 2.75) is 71.6 Å². The first-order chi connectivity index (χ1) is 9.77. The Kier molecular flexibility index (Phi) is 14.7. The molecule has 0 fully saturated rings. The molecule has 2 nitrogen and oxygen atoms in total. The molecule has 0 aliphatic heterocycles. The molecule has 0 spiro atoms. The van der Waals surface area contributed by atoms with Crippen molar-refractivity contribution in [3.05, 3.63) is 36.6 Å². The molecule has 0 amide bonds. The van der Waals surface area contributed by atoms with Gasteiger partial charge in [0, 0.05) is 6.92 Å². The minimum absolute atomic E-state index is 0.257. The van der Waals surface area contributed by atoms with E-state index in [2.05, 4.69) is 31.2 Å². The van der Waals surface area contributed by atoms with Crippen LogP contribution in [0.25, 0.3) is 0 Å². The highest BCUT2D eigenvalue weighted by Gasteiger charge is 1.86. The van der Waals surface area contributed by atoms with Gasteiger partial charge in [-0.25, -0.2) is 0 Å². The number of ether oxygens (including phenoxy) is 1. The summed E-state index contributed by atoms with van der Waals surface area (Å²) in [4.78, 5) is 10.5. The van der Waals surface area contributed by atoms with Crippen LogP contribution >= 0.6 is 0 Å². The van der Waals surface area contributed by atoms with Crippen LogP contribution < -0.4 is 0 Å². The van der Waals surface area contributed by atoms with E-state index in [4.69, 9.17) is 4.74 Å². The fourth-order valence-corrected chi connectivity index (χ4v) is 1.72. The Balaban J connectivity index is 3.25. The van der Waals surface area contributed by atoms with Crippen molar-refractivity contribution < 1.29 is 9.53 Å². The zero-order valence-electron chi connectivity index (χ0n) is 13.1. The highest BCUT2D eigenvalue weighted by Crippen LogP contribution is 2.04. The molecule has 0 aromatic carbocycles. The van der Waals surface area contributed by atoms with Crippen LogP contribution in [-0.4, -0.2) is 5.97 Å². The van der Waals surface area contributed by atoms with Crippen LogP contribution in [0, 0.1) is 0 Å². The van der Waals surface area contributed by atoms with Crippen LogP contribution in [0.2, 0.25) is 0 Å². The third-order valence-electron chi connectivity index (χ3n) is 2.88. The molecule has 20 heavy (non-hydrogen) atoms. The van der Waals surface area contributed by atoms with Crippen LogP contribution in [-0.2, 0) is 9.53 Å². The molecule has 0 unspecified atom stereocenters. The molecule has 0 saturated carbocycles. The lowest BCUT2D eigenvalue weighted by Crippen LogP contribution is -1.89. The highest BCUT2D eigenvalue weighted by atomic mass is 16.5. The second kappa shape index (κ2) is 15.7. The van der Waals surface area contributed by atoms with Crippen molar-refractivity contribution in [2.75, 3.05) is 0 Å². The quantitative estimate of drug-likeness (QED) is 0.198. The van der Waals surface area contributed by atoms with Crippen LogP contribution in [0.15, 0.2) is 36.6 Å². The fraction of sp³-hybridized carbons (Fsp3) is 0.611. The van der Waals surface area contributed by atoms with Gasteiger partial charge in [0.15, 0.2) is 0 Å². The van der Waals surface area contributed by atoms with Crippen molar-refractivity contribution in [1.82, 2.24) is 0 Å². The third kappa shape index (κ3) is 16.7. The molecule has 0 radical (unpaired) electrons. The van der Waals surface area contributed by atoms with E-state index in [1.165, 1.54) is 38.9 Å². The third-order valence-corrected chi connectivity index (χ3v) is 2.88. The molecule has 0 saturated heterocycles. The van der Waals surface area contributed by atoms with Crippen LogP contribution in [0.5, 0.6) is 0 Å². The summed E-state index contributed by atoms with van der Waals surface area (Å²) in [6, 6.07) is 0. The minimum Gasteiger partial charge on any atom is -0.435 e. The molecule has 0 aromatic rings. The molecule has 0 bridgehead atoms. The number of rotatable bonds is 12. The molecule has 0 N–H and O–H groups in total. The van der Waals surface area contributed by atoms with Crippen molar-refractivity contribution in [1.29, 1.82) is 0 Å². The summed E-state index contributed by atoms with van der Waals surface area (Å²) in [6.07, 6.45) is 23.1. The number of esters is 1. The molecule has 0 aromatic heterocycles. The van der Waals surface area contributed by atoms with E-state index in [0.717, 1.165) is 32.1 Å². The van der Waals surface area contributed by atoms with Crippen molar-refractivity contribution >= 4 is 5.97 Å². The smallest absolute Gasteiger partial charge is 0.307 e. The Morgan fingerprint density at radius 1 is 0.800 bits per heavy atom. The number of carbonyl (C=O) groups is 1. The normalized spacial score (nSPS) is 11.9. The number of hydrogen-bond donors (Lipinski definition) is 0. The van der Waals surface area contributed by atoms with Gasteiger partial charge in [0.05, 0.1) is 6.26 Å². The SMILES string of the molecule is CCCCC=CCCC=CCCCC/C=C/OC(C)=O. The lowest BCUT2D eigenvalue weighted by Gasteiger charge is -1.94. The maximum atomic E-state index is 10.5. The maximum Gasteiger partial charge on any atom is 0.307 e. The van der Waals surface area contributed by atoms with E-state index in [1.54, 1.807) is 0 Å². The maximum absolute atomic E-state index is 10.5. The summed E-state index contributed by atoms with van der Waals surface area (Å²) in [5.74, 6) is -0.257. The molecule has 114 valence electrons. The first kappa shape index (κ1) is 18.7. The Hall–Kier alpha value is -1.31. The number of hydrogen-bond acceptors (Lipinski definition) is 2. The van der Waals surface area contributed by atoms with Crippen LogP contribution in [0.1, 0.15) is 71.6 Å². The van der Waals surface area contributed by atoms with Gasteiger partial charge in [0.25, 0.3) is 0 Å². The lowest BCUT2D eigenvalue weighted by atomic mass is 10.1. The number of allylic oxidation sites excluding steroid dienone is 5. The summed E-state index contributed by atoms with van der Waals surface area (Å²) in [6.45, 7) is 3.64. The Morgan fingerprint density at radius 2 is 1.30 bits per heavy atom. The van der Waals surface area contributed by atoms with E-state index >= 15 is 0 Å². The van der Waals surface area contributed by atoms with E-state index in [0.29, 0.717) is 0 Å². The van der Waals surface area contributed by atoms with Crippen LogP contribution in [0.4, 0.5) is 0 Å². The van der Waals surface area contributed by atoms with Gasteiger partial charge in [-0.2, -0.15) is 0 Å². The number of unbranched alkanes of at least 4 members (excludes halogenated alkanes) is 6. The van der Waals surface area contributed by atoms with Gasteiger partial charge >= 0.3 is 5.97 Å². The predicted molar refractivity (Wildman–Crippen MR) is 86.4 cm³/mol. The largest absolute Gasteiger partial charge is 0.435 e. The zero-order chi connectivity index (χ0) is 14.9. The monoisotopic (exact) mass is 278 g/mol. The summed E-state index contributed by atoms with van der Waals surface area (Å²) in [5.41, 5.74) is 0. The molecule has 0 rings (SSSR count). The molecule has 0 heterocycles. The fourth-order valence-electron chi connectivity index (χ4n) is 1.72. The second-order valence-electron chi connectivity index (χ2n) is 4.93. The highest BCUT2D eigenvalue weighted by molar-refractivity contribution is 5.66. The Labute approximate surface area is 124 Å². The molecular formula is C18H30O2. The summed E-state index contributed by atoms with van der Waals surface area (Å²) < 4.78 is 4.71. The van der Waals surface area contributed by atoms with Gasteiger partial charge < -0.3 is 4.74 Å². The van der Waals surface area contributed by atoms with E-state index in [9.17, 15) is 4.79 Å². The summed E-state index contributed by atoms with van der Waals surface area (Å²) in [7, 11) is 0.